The molecule has 2 aliphatic rings. The molecule has 0 radical (unpaired) electrons. The van der Waals surface area contributed by atoms with Gasteiger partial charge in [0.2, 0.25) is 0 Å². The van der Waals surface area contributed by atoms with Crippen LogP contribution in [-0.2, 0) is 14.2 Å². The Morgan fingerprint density at radius 3 is 1.95 bits per heavy atom. The molecule has 20 heavy (non-hydrogen) atoms. The molecule has 0 aromatic heterocycles. The first-order valence-corrected chi connectivity index (χ1v) is 7.47. The molecule has 0 saturated carbocycles. The molecule has 2 atom stereocenters. The predicted molar refractivity (Wildman–Crippen MR) is 78.4 cm³/mol. The second-order valence-corrected chi connectivity index (χ2v) is 6.12. The van der Waals surface area contributed by atoms with Crippen LogP contribution in [0.15, 0.2) is 0 Å². The summed E-state index contributed by atoms with van der Waals surface area (Å²) in [6, 6.07) is 0. The Hall–Kier alpha value is -0.200. The third-order valence-corrected chi connectivity index (χ3v) is 2.41. The van der Waals surface area contributed by atoms with Crippen molar-refractivity contribution in [3.05, 3.63) is 0 Å². The molecule has 0 aliphatic carbocycles. The van der Waals surface area contributed by atoms with Crippen LogP contribution in [-0.4, -0.2) is 47.2 Å². The van der Waals surface area contributed by atoms with Crippen molar-refractivity contribution < 1.29 is 24.4 Å². The molecule has 2 fully saturated rings. The summed E-state index contributed by atoms with van der Waals surface area (Å²) in [5.74, 6) is -1.91. The van der Waals surface area contributed by atoms with Crippen molar-refractivity contribution in [1.29, 1.82) is 0 Å². The molecule has 0 aromatic rings. The first-order valence-electron chi connectivity index (χ1n) is 7.47. The van der Waals surface area contributed by atoms with Gasteiger partial charge in [-0.05, 0) is 40.5 Å². The highest BCUT2D eigenvalue weighted by atomic mass is 16.7. The maximum atomic E-state index is 8.08. The Kier molecular flexibility index (Phi) is 8.86. The SMILES string of the molecule is CC(C)(O)O.CC1(C)OCC([C@@H]2CCCO2)O1.CCC. The summed E-state index contributed by atoms with van der Waals surface area (Å²) in [5, 5.41) is 16.2. The molecule has 1 unspecified atom stereocenters. The Balaban J connectivity index is 0.000000382. The van der Waals surface area contributed by atoms with E-state index in [1.807, 2.05) is 13.8 Å². The molecule has 5 nitrogen and oxygen atoms in total. The van der Waals surface area contributed by atoms with E-state index in [0.29, 0.717) is 6.61 Å². The molecule has 2 rings (SSSR count). The predicted octanol–water partition coefficient (Wildman–Crippen LogP) is 2.44. The first kappa shape index (κ1) is 19.8. The molecule has 5 heteroatoms. The quantitative estimate of drug-likeness (QED) is 0.727. The second-order valence-electron chi connectivity index (χ2n) is 6.12. The summed E-state index contributed by atoms with van der Waals surface area (Å²) >= 11 is 0. The number of hydrogen-bond acceptors (Lipinski definition) is 5. The topological polar surface area (TPSA) is 68.2 Å². The zero-order valence-electron chi connectivity index (χ0n) is 13.8. The van der Waals surface area contributed by atoms with Crippen molar-refractivity contribution >= 4 is 0 Å². The highest BCUT2D eigenvalue weighted by molar-refractivity contribution is 4.81. The summed E-state index contributed by atoms with van der Waals surface area (Å²) < 4.78 is 16.7. The lowest BCUT2D eigenvalue weighted by atomic mass is 10.1. The van der Waals surface area contributed by atoms with Crippen molar-refractivity contribution in [3.63, 3.8) is 0 Å². The Morgan fingerprint density at radius 2 is 1.65 bits per heavy atom. The summed E-state index contributed by atoms with van der Waals surface area (Å²) in [6.07, 6.45) is 3.95. The average Bonchev–Trinajstić information content (AvgIpc) is 2.85. The molecule has 0 amide bonds. The van der Waals surface area contributed by atoms with E-state index in [-0.39, 0.29) is 12.2 Å². The number of hydrogen-bond donors (Lipinski definition) is 2. The number of aliphatic hydroxyl groups is 2. The molecule has 0 spiro atoms. The molecule has 2 saturated heterocycles. The van der Waals surface area contributed by atoms with E-state index in [2.05, 4.69) is 13.8 Å². The lowest BCUT2D eigenvalue weighted by Crippen LogP contribution is -2.30. The van der Waals surface area contributed by atoms with Gasteiger partial charge in [0.1, 0.15) is 6.10 Å². The molecule has 2 aliphatic heterocycles. The van der Waals surface area contributed by atoms with Crippen LogP contribution in [0, 0.1) is 0 Å². The molecule has 122 valence electrons. The van der Waals surface area contributed by atoms with Gasteiger partial charge in [0.25, 0.3) is 0 Å². The van der Waals surface area contributed by atoms with Gasteiger partial charge in [-0.3, -0.25) is 0 Å². The van der Waals surface area contributed by atoms with Gasteiger partial charge in [-0.2, -0.15) is 0 Å². The van der Waals surface area contributed by atoms with Gasteiger partial charge in [-0.25, -0.2) is 0 Å². The Morgan fingerprint density at radius 1 is 1.15 bits per heavy atom. The van der Waals surface area contributed by atoms with E-state index >= 15 is 0 Å². The lowest BCUT2D eigenvalue weighted by Gasteiger charge is -2.20. The summed E-state index contributed by atoms with van der Waals surface area (Å²) in [7, 11) is 0. The Labute approximate surface area is 123 Å². The molecule has 2 heterocycles. The molecular weight excluding hydrogens is 260 g/mol. The van der Waals surface area contributed by atoms with Gasteiger partial charge < -0.3 is 24.4 Å². The van der Waals surface area contributed by atoms with Gasteiger partial charge in [0, 0.05) is 6.61 Å². The molecule has 0 bridgehead atoms. The maximum absolute atomic E-state index is 8.08. The highest BCUT2D eigenvalue weighted by Gasteiger charge is 2.38. The van der Waals surface area contributed by atoms with Crippen LogP contribution in [0.2, 0.25) is 0 Å². The summed E-state index contributed by atoms with van der Waals surface area (Å²) in [6.45, 7) is 12.3. The van der Waals surface area contributed by atoms with E-state index in [1.54, 1.807) is 0 Å². The fourth-order valence-electron chi connectivity index (χ4n) is 1.79. The van der Waals surface area contributed by atoms with Crippen LogP contribution < -0.4 is 0 Å². The monoisotopic (exact) mass is 292 g/mol. The van der Waals surface area contributed by atoms with Gasteiger partial charge in [-0.15, -0.1) is 0 Å². The molecule has 0 aromatic carbocycles. The van der Waals surface area contributed by atoms with Gasteiger partial charge in [0.15, 0.2) is 11.6 Å². The second kappa shape index (κ2) is 8.95. The summed E-state index contributed by atoms with van der Waals surface area (Å²) in [5.41, 5.74) is 0. The van der Waals surface area contributed by atoms with E-state index < -0.39 is 11.6 Å². The Bertz CT molecular complexity index is 235. The largest absolute Gasteiger partial charge is 0.375 e. The van der Waals surface area contributed by atoms with Crippen molar-refractivity contribution in [2.75, 3.05) is 13.2 Å². The van der Waals surface area contributed by atoms with Crippen LogP contribution in [0.3, 0.4) is 0 Å². The minimum absolute atomic E-state index is 0.155. The van der Waals surface area contributed by atoms with Crippen molar-refractivity contribution in [3.8, 4) is 0 Å². The highest BCUT2D eigenvalue weighted by Crippen LogP contribution is 2.28. The normalized spacial score (nSPS) is 28.2. The lowest BCUT2D eigenvalue weighted by molar-refractivity contribution is -0.151. The third-order valence-electron chi connectivity index (χ3n) is 2.41. The van der Waals surface area contributed by atoms with Crippen LogP contribution in [0.1, 0.15) is 60.8 Å². The average molecular weight is 292 g/mol. The fourth-order valence-corrected chi connectivity index (χ4v) is 1.79. The van der Waals surface area contributed by atoms with Crippen molar-refractivity contribution in [1.82, 2.24) is 0 Å². The van der Waals surface area contributed by atoms with Crippen LogP contribution in [0.5, 0.6) is 0 Å². The van der Waals surface area contributed by atoms with Gasteiger partial charge >= 0.3 is 0 Å². The van der Waals surface area contributed by atoms with Gasteiger partial charge in [0.05, 0.1) is 12.7 Å². The van der Waals surface area contributed by atoms with E-state index in [4.69, 9.17) is 24.4 Å². The maximum Gasteiger partial charge on any atom is 0.163 e. The minimum Gasteiger partial charge on any atom is -0.375 e. The van der Waals surface area contributed by atoms with E-state index in [0.717, 1.165) is 19.4 Å². The van der Waals surface area contributed by atoms with E-state index in [1.165, 1.54) is 20.3 Å². The van der Waals surface area contributed by atoms with Crippen molar-refractivity contribution in [2.24, 2.45) is 0 Å². The fraction of sp³-hybridized carbons (Fsp3) is 1.00. The third kappa shape index (κ3) is 10.6. The molecule has 2 N–H and O–H groups in total. The van der Waals surface area contributed by atoms with E-state index in [9.17, 15) is 0 Å². The zero-order chi connectivity index (χ0) is 15.8. The van der Waals surface area contributed by atoms with Gasteiger partial charge in [-0.1, -0.05) is 20.3 Å². The standard InChI is InChI=1S/C9H16O3.C3H8O2.C3H8/c1-9(2)11-6-8(12-9)7-4-3-5-10-7;1-3(2,4)5;1-3-2/h7-8H,3-6H2,1-2H3;4-5H,1-2H3;3H2,1-2H3/t7-,8?;;/m0../s1. The van der Waals surface area contributed by atoms with Crippen molar-refractivity contribution in [2.45, 2.75) is 84.6 Å². The minimum atomic E-state index is -1.50. The smallest absolute Gasteiger partial charge is 0.163 e. The summed E-state index contributed by atoms with van der Waals surface area (Å²) in [4.78, 5) is 0. The van der Waals surface area contributed by atoms with Crippen LogP contribution >= 0.6 is 0 Å². The van der Waals surface area contributed by atoms with Crippen LogP contribution in [0.4, 0.5) is 0 Å². The first-order chi connectivity index (χ1) is 9.09. The van der Waals surface area contributed by atoms with Crippen LogP contribution in [0.25, 0.3) is 0 Å². The number of ether oxygens (including phenoxy) is 3. The number of rotatable bonds is 1. The zero-order valence-corrected chi connectivity index (χ0v) is 13.8. The molecular formula is C15H32O5.